The minimum atomic E-state index is 0.135. The Morgan fingerprint density at radius 1 is 1.25 bits per heavy atom. The van der Waals surface area contributed by atoms with Gasteiger partial charge in [-0.1, -0.05) is 31.4 Å². The lowest BCUT2D eigenvalue weighted by Crippen LogP contribution is -1.97. The van der Waals surface area contributed by atoms with Crippen LogP contribution in [0.4, 0.5) is 0 Å². The average Bonchev–Trinajstić information content (AvgIpc) is 2.61. The summed E-state index contributed by atoms with van der Waals surface area (Å²) in [7, 11) is 0. The molecule has 0 atom stereocenters. The molecule has 0 aliphatic carbocycles. The first kappa shape index (κ1) is 11.6. The van der Waals surface area contributed by atoms with Crippen molar-refractivity contribution in [1.29, 1.82) is 0 Å². The van der Waals surface area contributed by atoms with E-state index in [1.54, 1.807) is 0 Å². The van der Waals surface area contributed by atoms with Gasteiger partial charge >= 0.3 is 0 Å². The van der Waals surface area contributed by atoms with Gasteiger partial charge in [0.1, 0.15) is 5.15 Å². The number of aromatic nitrogens is 4. The van der Waals surface area contributed by atoms with E-state index in [1.165, 1.54) is 12.8 Å². The molecule has 0 N–H and O–H groups in total. The fourth-order valence-corrected chi connectivity index (χ4v) is 1.95. The number of fused-ring (bicyclic) bond motifs is 1. The Hall–Kier alpha value is -0.870. The lowest BCUT2D eigenvalue weighted by molar-refractivity contribution is 0.556. The van der Waals surface area contributed by atoms with Crippen molar-refractivity contribution in [2.75, 3.05) is 0 Å². The number of hydrogen-bond acceptors (Lipinski definition) is 3. The fourth-order valence-electron chi connectivity index (χ4n) is 1.53. The van der Waals surface area contributed by atoms with Crippen LogP contribution in [0, 0.1) is 0 Å². The van der Waals surface area contributed by atoms with Crippen LogP contribution in [0.25, 0.3) is 11.0 Å². The Bertz CT molecular complexity index is 495. The van der Waals surface area contributed by atoms with Gasteiger partial charge in [0, 0.05) is 12.7 Å². The van der Waals surface area contributed by atoms with Gasteiger partial charge in [-0.3, -0.25) is 4.68 Å². The second kappa shape index (κ2) is 4.97. The van der Waals surface area contributed by atoms with Crippen molar-refractivity contribution in [3.8, 4) is 0 Å². The summed E-state index contributed by atoms with van der Waals surface area (Å²) in [4.78, 5) is 7.90. The van der Waals surface area contributed by atoms with Crippen LogP contribution in [0.15, 0.2) is 6.20 Å². The molecule has 16 heavy (non-hydrogen) atoms. The standard InChI is InChI=1S/C10H12Cl2N4/c1-2-3-4-5-16-6-7-8(11)13-10(12)14-9(7)15-16/h6H,2-5H2,1H3. The number of unbranched alkanes of at least 4 members (excludes halogenated alkanes) is 2. The molecule has 2 aromatic rings. The van der Waals surface area contributed by atoms with Gasteiger partial charge < -0.3 is 0 Å². The van der Waals surface area contributed by atoms with Crippen LogP contribution in [0.1, 0.15) is 26.2 Å². The summed E-state index contributed by atoms with van der Waals surface area (Å²) >= 11 is 11.7. The second-order valence-electron chi connectivity index (χ2n) is 3.62. The van der Waals surface area contributed by atoms with Crippen molar-refractivity contribution in [3.63, 3.8) is 0 Å². The molecule has 6 heteroatoms. The van der Waals surface area contributed by atoms with E-state index in [0.29, 0.717) is 10.8 Å². The van der Waals surface area contributed by atoms with Gasteiger partial charge in [0.15, 0.2) is 5.65 Å². The Balaban J connectivity index is 2.26. The second-order valence-corrected chi connectivity index (χ2v) is 4.32. The summed E-state index contributed by atoms with van der Waals surface area (Å²) in [5.41, 5.74) is 0.557. The van der Waals surface area contributed by atoms with Crippen molar-refractivity contribution >= 4 is 34.2 Å². The quantitative estimate of drug-likeness (QED) is 0.480. The SMILES string of the molecule is CCCCCn1cc2c(Cl)nc(Cl)nc2n1. The van der Waals surface area contributed by atoms with E-state index in [2.05, 4.69) is 22.0 Å². The highest BCUT2D eigenvalue weighted by Crippen LogP contribution is 2.20. The number of aryl methyl sites for hydroxylation is 1. The van der Waals surface area contributed by atoms with Gasteiger partial charge in [0.25, 0.3) is 0 Å². The maximum Gasteiger partial charge on any atom is 0.225 e. The molecule has 86 valence electrons. The van der Waals surface area contributed by atoms with Crippen LogP contribution in [-0.4, -0.2) is 19.7 Å². The molecule has 0 saturated carbocycles. The molecule has 0 amide bonds. The molecule has 0 unspecified atom stereocenters. The molecule has 0 saturated heterocycles. The smallest absolute Gasteiger partial charge is 0.225 e. The minimum Gasteiger partial charge on any atom is -0.270 e. The predicted octanol–water partition coefficient (Wildman–Crippen LogP) is 3.32. The topological polar surface area (TPSA) is 43.6 Å². The average molecular weight is 259 g/mol. The van der Waals surface area contributed by atoms with E-state index < -0.39 is 0 Å². The molecule has 2 rings (SSSR count). The van der Waals surface area contributed by atoms with Gasteiger partial charge in [0.05, 0.1) is 5.39 Å². The number of nitrogens with zero attached hydrogens (tertiary/aromatic N) is 4. The highest BCUT2D eigenvalue weighted by atomic mass is 35.5. The van der Waals surface area contributed by atoms with E-state index >= 15 is 0 Å². The Morgan fingerprint density at radius 3 is 2.81 bits per heavy atom. The van der Waals surface area contributed by atoms with Crippen molar-refractivity contribution in [2.45, 2.75) is 32.7 Å². The molecular formula is C10H12Cl2N4. The molecule has 0 fully saturated rings. The lowest BCUT2D eigenvalue weighted by Gasteiger charge is -1.97. The highest BCUT2D eigenvalue weighted by molar-refractivity contribution is 6.35. The summed E-state index contributed by atoms with van der Waals surface area (Å²) in [6.07, 6.45) is 5.34. The van der Waals surface area contributed by atoms with Gasteiger partial charge in [-0.25, -0.2) is 4.98 Å². The zero-order valence-electron chi connectivity index (χ0n) is 8.95. The zero-order chi connectivity index (χ0) is 11.5. The van der Waals surface area contributed by atoms with Crippen molar-refractivity contribution < 1.29 is 0 Å². The number of hydrogen-bond donors (Lipinski definition) is 0. The molecule has 0 aromatic carbocycles. The number of halogens is 2. The molecule has 2 heterocycles. The van der Waals surface area contributed by atoms with Crippen LogP contribution in [-0.2, 0) is 6.54 Å². The number of rotatable bonds is 4. The van der Waals surface area contributed by atoms with E-state index in [0.717, 1.165) is 18.4 Å². The molecule has 0 aliphatic rings. The molecule has 0 aliphatic heterocycles. The van der Waals surface area contributed by atoms with Crippen molar-refractivity contribution in [1.82, 2.24) is 19.7 Å². The van der Waals surface area contributed by atoms with E-state index in [9.17, 15) is 0 Å². The van der Waals surface area contributed by atoms with Crippen molar-refractivity contribution in [2.24, 2.45) is 0 Å². The molecule has 0 spiro atoms. The summed E-state index contributed by atoms with van der Waals surface area (Å²) < 4.78 is 1.84. The Morgan fingerprint density at radius 2 is 2.06 bits per heavy atom. The predicted molar refractivity (Wildman–Crippen MR) is 64.9 cm³/mol. The Labute approximate surface area is 104 Å². The first-order chi connectivity index (χ1) is 7.70. The summed E-state index contributed by atoms with van der Waals surface area (Å²) in [6, 6.07) is 0. The van der Waals surface area contributed by atoms with Gasteiger partial charge in [0.2, 0.25) is 5.28 Å². The van der Waals surface area contributed by atoms with Crippen LogP contribution >= 0.6 is 23.2 Å². The van der Waals surface area contributed by atoms with E-state index in [1.807, 2.05) is 10.9 Å². The molecule has 0 bridgehead atoms. The zero-order valence-corrected chi connectivity index (χ0v) is 10.5. The monoisotopic (exact) mass is 258 g/mol. The molecule has 2 aromatic heterocycles. The maximum absolute atomic E-state index is 5.95. The lowest BCUT2D eigenvalue weighted by atomic mass is 10.2. The fraction of sp³-hybridized carbons (Fsp3) is 0.500. The summed E-state index contributed by atoms with van der Waals surface area (Å²) in [5.74, 6) is 0. The maximum atomic E-state index is 5.95. The van der Waals surface area contributed by atoms with Gasteiger partial charge in [-0.05, 0) is 18.0 Å². The van der Waals surface area contributed by atoms with E-state index in [-0.39, 0.29) is 5.28 Å². The van der Waals surface area contributed by atoms with Crippen molar-refractivity contribution in [3.05, 3.63) is 16.6 Å². The van der Waals surface area contributed by atoms with Crippen LogP contribution in [0.2, 0.25) is 10.4 Å². The summed E-state index contributed by atoms with van der Waals surface area (Å²) in [5, 5.41) is 5.55. The third-order valence-electron chi connectivity index (χ3n) is 2.34. The Kier molecular flexibility index (Phi) is 3.61. The summed E-state index contributed by atoms with van der Waals surface area (Å²) in [6.45, 7) is 3.04. The third-order valence-corrected chi connectivity index (χ3v) is 2.80. The largest absolute Gasteiger partial charge is 0.270 e. The van der Waals surface area contributed by atoms with Crippen LogP contribution in [0.3, 0.4) is 0 Å². The normalized spacial score (nSPS) is 11.2. The molecule has 0 radical (unpaired) electrons. The van der Waals surface area contributed by atoms with Gasteiger partial charge in [-0.2, -0.15) is 10.1 Å². The first-order valence-corrected chi connectivity index (χ1v) is 6.02. The van der Waals surface area contributed by atoms with E-state index in [4.69, 9.17) is 23.2 Å². The molecular weight excluding hydrogens is 247 g/mol. The highest BCUT2D eigenvalue weighted by Gasteiger charge is 2.08. The van der Waals surface area contributed by atoms with Gasteiger partial charge in [-0.15, -0.1) is 0 Å². The third kappa shape index (κ3) is 2.44. The first-order valence-electron chi connectivity index (χ1n) is 5.27. The van der Waals surface area contributed by atoms with Crippen LogP contribution < -0.4 is 0 Å². The molecule has 4 nitrogen and oxygen atoms in total. The minimum absolute atomic E-state index is 0.135. The van der Waals surface area contributed by atoms with Crippen LogP contribution in [0.5, 0.6) is 0 Å².